The van der Waals surface area contributed by atoms with E-state index in [1.165, 1.54) is 6.07 Å². The third-order valence-corrected chi connectivity index (χ3v) is 4.31. The third kappa shape index (κ3) is 3.11. The minimum absolute atomic E-state index is 0.0220. The van der Waals surface area contributed by atoms with Crippen LogP contribution < -0.4 is 11.5 Å². The van der Waals surface area contributed by atoms with Gasteiger partial charge in [-0.05, 0) is 30.4 Å². The molecule has 0 saturated carbocycles. The van der Waals surface area contributed by atoms with Gasteiger partial charge in [-0.2, -0.15) is 0 Å². The Kier molecular flexibility index (Phi) is 4.70. The van der Waals surface area contributed by atoms with Gasteiger partial charge in [0.25, 0.3) is 5.69 Å². The molecular weight excluding hydrogens is 286 g/mol. The molecule has 0 aliphatic heterocycles. The Morgan fingerprint density at radius 3 is 2.33 bits per heavy atom. The first-order valence-electron chi connectivity index (χ1n) is 6.60. The number of hydrogen-bond acceptors (Lipinski definition) is 5. The number of rotatable bonds is 5. The van der Waals surface area contributed by atoms with Crippen molar-refractivity contribution in [3.05, 3.63) is 46.5 Å². The van der Waals surface area contributed by atoms with Crippen LogP contribution in [0.2, 0.25) is 0 Å². The number of nitrogen functional groups attached to an aromatic ring is 2. The van der Waals surface area contributed by atoms with Crippen LogP contribution in [0.15, 0.2) is 41.3 Å². The van der Waals surface area contributed by atoms with Gasteiger partial charge in [0.1, 0.15) is 0 Å². The molecular formula is C15H17N3O2S. The molecule has 0 bridgehead atoms. The Labute approximate surface area is 127 Å². The summed E-state index contributed by atoms with van der Waals surface area (Å²) in [6.07, 6.45) is 1.01. The molecule has 0 amide bonds. The van der Waals surface area contributed by atoms with Crippen molar-refractivity contribution in [2.75, 3.05) is 17.2 Å². The fourth-order valence-corrected chi connectivity index (χ4v) is 3.09. The Hall–Kier alpha value is -2.21. The molecule has 110 valence electrons. The number of nitrogens with two attached hydrogens (primary N) is 2. The minimum atomic E-state index is -0.424. The maximum Gasteiger partial charge on any atom is 0.279 e. The predicted octanol–water partition coefficient (Wildman–Crippen LogP) is 3.93. The first-order chi connectivity index (χ1) is 10.1. The summed E-state index contributed by atoms with van der Waals surface area (Å²) in [6.45, 7) is 2.08. The second kappa shape index (κ2) is 6.49. The lowest BCUT2D eigenvalue weighted by molar-refractivity contribution is -0.384. The summed E-state index contributed by atoms with van der Waals surface area (Å²) in [7, 11) is 0. The summed E-state index contributed by atoms with van der Waals surface area (Å²) >= 11 is 1.63. The molecule has 0 atom stereocenters. The average Bonchev–Trinajstić information content (AvgIpc) is 2.45. The molecule has 5 nitrogen and oxygen atoms in total. The molecule has 0 unspecified atom stereocenters. The summed E-state index contributed by atoms with van der Waals surface area (Å²) < 4.78 is 0. The van der Waals surface area contributed by atoms with E-state index in [0.29, 0.717) is 22.5 Å². The van der Waals surface area contributed by atoms with Crippen molar-refractivity contribution < 1.29 is 4.92 Å². The van der Waals surface area contributed by atoms with E-state index in [2.05, 4.69) is 6.92 Å². The van der Waals surface area contributed by atoms with Gasteiger partial charge in [0.05, 0.1) is 10.5 Å². The Balaban J connectivity index is 2.69. The maximum atomic E-state index is 11.3. The van der Waals surface area contributed by atoms with Crippen molar-refractivity contribution in [3.63, 3.8) is 0 Å². The molecule has 0 fully saturated rings. The number of nitrogens with zero attached hydrogens (tertiary/aromatic N) is 1. The van der Waals surface area contributed by atoms with Crippen LogP contribution in [0.4, 0.5) is 17.1 Å². The van der Waals surface area contributed by atoms with Gasteiger partial charge in [-0.25, -0.2) is 0 Å². The van der Waals surface area contributed by atoms with Crippen LogP contribution in [-0.4, -0.2) is 10.7 Å². The standard InChI is InChI=1S/C15H17N3O2S/c1-2-9-21-13-8-4-6-11(17)15(13)14-10(16)5-3-7-12(14)18(19)20/h3-8H,2,9,16-17H2,1H3. The second-order valence-corrected chi connectivity index (χ2v) is 5.70. The average molecular weight is 303 g/mol. The number of hydrogen-bond donors (Lipinski definition) is 2. The van der Waals surface area contributed by atoms with Crippen molar-refractivity contribution in [1.29, 1.82) is 0 Å². The molecule has 0 aromatic heterocycles. The second-order valence-electron chi connectivity index (χ2n) is 4.57. The van der Waals surface area contributed by atoms with Crippen LogP contribution in [0.1, 0.15) is 13.3 Å². The van der Waals surface area contributed by atoms with Gasteiger partial charge in [0.2, 0.25) is 0 Å². The SMILES string of the molecule is CCCSc1cccc(N)c1-c1c(N)cccc1[N+](=O)[O-]. The van der Waals surface area contributed by atoms with Crippen molar-refractivity contribution in [2.24, 2.45) is 0 Å². The van der Waals surface area contributed by atoms with Crippen LogP contribution in [0.25, 0.3) is 11.1 Å². The highest BCUT2D eigenvalue weighted by Gasteiger charge is 2.22. The lowest BCUT2D eigenvalue weighted by Crippen LogP contribution is -2.00. The highest BCUT2D eigenvalue weighted by atomic mass is 32.2. The van der Waals surface area contributed by atoms with Crippen molar-refractivity contribution in [3.8, 4) is 11.1 Å². The molecule has 2 aromatic carbocycles. The zero-order valence-corrected chi connectivity index (χ0v) is 12.5. The van der Waals surface area contributed by atoms with E-state index in [1.54, 1.807) is 30.0 Å². The highest BCUT2D eigenvalue weighted by Crippen LogP contribution is 2.43. The Morgan fingerprint density at radius 1 is 1.10 bits per heavy atom. The molecule has 0 aliphatic rings. The van der Waals surface area contributed by atoms with Crippen LogP contribution in [0.3, 0.4) is 0 Å². The number of nitro groups is 1. The molecule has 21 heavy (non-hydrogen) atoms. The van der Waals surface area contributed by atoms with Gasteiger partial charge in [0.15, 0.2) is 0 Å². The fourth-order valence-electron chi connectivity index (χ4n) is 2.13. The molecule has 6 heteroatoms. The number of anilines is 2. The topological polar surface area (TPSA) is 95.2 Å². The lowest BCUT2D eigenvalue weighted by atomic mass is 10.00. The number of nitro benzene ring substituents is 1. The van der Waals surface area contributed by atoms with E-state index in [9.17, 15) is 10.1 Å². The van der Waals surface area contributed by atoms with E-state index in [1.807, 2.05) is 12.1 Å². The largest absolute Gasteiger partial charge is 0.398 e. The molecule has 4 N–H and O–H groups in total. The number of thioether (sulfide) groups is 1. The lowest BCUT2D eigenvalue weighted by Gasteiger charge is -2.14. The zero-order valence-electron chi connectivity index (χ0n) is 11.7. The summed E-state index contributed by atoms with van der Waals surface area (Å²) in [5, 5.41) is 11.3. The molecule has 2 aromatic rings. The molecule has 0 spiro atoms. The monoisotopic (exact) mass is 303 g/mol. The quantitative estimate of drug-likeness (QED) is 0.377. The van der Waals surface area contributed by atoms with Crippen LogP contribution in [0, 0.1) is 10.1 Å². The summed E-state index contributed by atoms with van der Waals surface area (Å²) in [4.78, 5) is 11.8. The summed E-state index contributed by atoms with van der Waals surface area (Å²) in [5.74, 6) is 0.914. The maximum absolute atomic E-state index is 11.3. The first kappa shape index (κ1) is 15.2. The Bertz CT molecular complexity index is 674. The van der Waals surface area contributed by atoms with Gasteiger partial charge < -0.3 is 11.5 Å². The van der Waals surface area contributed by atoms with Gasteiger partial charge >= 0.3 is 0 Å². The fraction of sp³-hybridized carbons (Fsp3) is 0.200. The highest BCUT2D eigenvalue weighted by molar-refractivity contribution is 7.99. The van der Waals surface area contributed by atoms with Crippen molar-refractivity contribution >= 4 is 28.8 Å². The number of benzene rings is 2. The smallest absolute Gasteiger partial charge is 0.279 e. The molecule has 0 aliphatic carbocycles. The normalized spacial score (nSPS) is 10.5. The van der Waals surface area contributed by atoms with E-state index in [4.69, 9.17) is 11.5 Å². The first-order valence-corrected chi connectivity index (χ1v) is 7.59. The van der Waals surface area contributed by atoms with Crippen molar-refractivity contribution in [2.45, 2.75) is 18.2 Å². The van der Waals surface area contributed by atoms with Crippen LogP contribution >= 0.6 is 11.8 Å². The van der Waals surface area contributed by atoms with E-state index in [-0.39, 0.29) is 5.69 Å². The van der Waals surface area contributed by atoms with Crippen molar-refractivity contribution in [1.82, 2.24) is 0 Å². The Morgan fingerprint density at radius 2 is 1.71 bits per heavy atom. The van der Waals surface area contributed by atoms with Crippen LogP contribution in [-0.2, 0) is 0 Å². The third-order valence-electron chi connectivity index (χ3n) is 3.04. The van der Waals surface area contributed by atoms with Gasteiger partial charge in [0, 0.05) is 27.9 Å². The molecule has 0 saturated heterocycles. The minimum Gasteiger partial charge on any atom is -0.398 e. The van der Waals surface area contributed by atoms with Gasteiger partial charge in [-0.1, -0.05) is 19.1 Å². The summed E-state index contributed by atoms with van der Waals surface area (Å²) in [6, 6.07) is 10.2. The molecule has 2 rings (SSSR count). The zero-order chi connectivity index (χ0) is 15.4. The predicted molar refractivity (Wildman–Crippen MR) is 88.4 cm³/mol. The van der Waals surface area contributed by atoms with Gasteiger partial charge in [-0.3, -0.25) is 10.1 Å². The van der Waals surface area contributed by atoms with E-state index in [0.717, 1.165) is 17.1 Å². The van der Waals surface area contributed by atoms with E-state index >= 15 is 0 Å². The van der Waals surface area contributed by atoms with E-state index < -0.39 is 4.92 Å². The van der Waals surface area contributed by atoms with Gasteiger partial charge in [-0.15, -0.1) is 11.8 Å². The summed E-state index contributed by atoms with van der Waals surface area (Å²) in [5.41, 5.74) is 14.0. The van der Waals surface area contributed by atoms with Crippen LogP contribution in [0.5, 0.6) is 0 Å². The molecule has 0 heterocycles. The molecule has 0 radical (unpaired) electrons.